The average Bonchev–Trinajstić information content (AvgIpc) is 3.30. The fraction of sp³-hybridized carbons (Fsp3) is 0.600. The van der Waals surface area contributed by atoms with E-state index in [1.165, 1.54) is 0 Å². The Balaban J connectivity index is 2.28. The molecule has 1 aromatic rings. The van der Waals surface area contributed by atoms with Gasteiger partial charge in [-0.3, -0.25) is 0 Å². The summed E-state index contributed by atoms with van der Waals surface area (Å²) >= 11 is 0. The van der Waals surface area contributed by atoms with Crippen molar-refractivity contribution in [1.29, 1.82) is 0 Å². The molecule has 1 N–H and O–H groups in total. The molecule has 6 heteroatoms. The molecule has 0 radical (unpaired) electrons. The summed E-state index contributed by atoms with van der Waals surface area (Å²) in [6, 6.07) is 7.25. The Bertz CT molecular complexity index is 556. The number of para-hydroxylation sites is 1. The molecular weight excluding hydrogens is 288 g/mol. The highest BCUT2D eigenvalue weighted by Gasteiger charge is 2.38. The minimum atomic E-state index is -3.48. The first-order valence-electron chi connectivity index (χ1n) is 7.45. The second-order valence-electron chi connectivity index (χ2n) is 5.26. The lowest BCUT2D eigenvalue weighted by molar-refractivity contribution is 0.177. The van der Waals surface area contributed by atoms with Crippen LogP contribution in [0.2, 0.25) is 0 Å². The number of ether oxygens (including phenoxy) is 1. The largest absolute Gasteiger partial charge is 0.384 e. The SMILES string of the molecule is CCCNc1ccccc1S(=O)(=O)N(CCOC)C1CC1. The van der Waals surface area contributed by atoms with Gasteiger partial charge in [0.05, 0.1) is 12.3 Å². The number of sulfonamides is 1. The second kappa shape index (κ2) is 7.24. The van der Waals surface area contributed by atoms with Crippen molar-refractivity contribution in [3.63, 3.8) is 0 Å². The van der Waals surface area contributed by atoms with Crippen LogP contribution in [0.25, 0.3) is 0 Å². The van der Waals surface area contributed by atoms with Gasteiger partial charge in [-0.25, -0.2) is 8.42 Å². The predicted molar refractivity (Wildman–Crippen MR) is 84.0 cm³/mol. The molecule has 1 aromatic carbocycles. The lowest BCUT2D eigenvalue weighted by atomic mass is 10.3. The summed E-state index contributed by atoms with van der Waals surface area (Å²) in [7, 11) is -1.89. The summed E-state index contributed by atoms with van der Waals surface area (Å²) < 4.78 is 32.5. The molecule has 0 saturated heterocycles. The van der Waals surface area contributed by atoms with Crippen LogP contribution in [0.1, 0.15) is 26.2 Å². The number of benzene rings is 1. The number of anilines is 1. The molecule has 1 fully saturated rings. The molecule has 5 nitrogen and oxygen atoms in total. The predicted octanol–water partition coefficient (Wildman–Crippen LogP) is 2.31. The molecule has 1 aliphatic carbocycles. The highest BCUT2D eigenvalue weighted by atomic mass is 32.2. The molecule has 0 atom stereocenters. The van der Waals surface area contributed by atoms with Crippen LogP contribution in [-0.2, 0) is 14.8 Å². The Morgan fingerprint density at radius 2 is 2.05 bits per heavy atom. The molecular formula is C15H24N2O3S. The van der Waals surface area contributed by atoms with Crippen molar-refractivity contribution in [2.24, 2.45) is 0 Å². The van der Waals surface area contributed by atoms with E-state index in [1.54, 1.807) is 23.5 Å². The fourth-order valence-electron chi connectivity index (χ4n) is 2.27. The average molecular weight is 312 g/mol. The van der Waals surface area contributed by atoms with E-state index in [0.29, 0.717) is 23.7 Å². The second-order valence-corrected chi connectivity index (χ2v) is 7.12. The Kier molecular flexibility index (Phi) is 5.61. The highest BCUT2D eigenvalue weighted by Crippen LogP contribution is 2.34. The van der Waals surface area contributed by atoms with Gasteiger partial charge in [-0.05, 0) is 31.4 Å². The standard InChI is InChI=1S/C15H24N2O3S/c1-3-10-16-14-6-4-5-7-15(14)21(18,19)17(11-12-20-2)13-8-9-13/h4-7,13,16H,3,8-12H2,1-2H3. The van der Waals surface area contributed by atoms with Gasteiger partial charge >= 0.3 is 0 Å². The number of rotatable bonds is 9. The van der Waals surface area contributed by atoms with Crippen molar-refractivity contribution in [1.82, 2.24) is 4.31 Å². The van der Waals surface area contributed by atoms with Crippen LogP contribution < -0.4 is 5.32 Å². The maximum Gasteiger partial charge on any atom is 0.245 e. The number of nitrogens with zero attached hydrogens (tertiary/aromatic N) is 1. The molecule has 0 spiro atoms. The van der Waals surface area contributed by atoms with Gasteiger partial charge < -0.3 is 10.1 Å². The third-order valence-electron chi connectivity index (χ3n) is 3.51. The van der Waals surface area contributed by atoms with Crippen molar-refractivity contribution in [2.75, 3.05) is 32.1 Å². The van der Waals surface area contributed by atoms with Gasteiger partial charge in [-0.1, -0.05) is 19.1 Å². The van der Waals surface area contributed by atoms with E-state index in [1.807, 2.05) is 12.1 Å². The number of methoxy groups -OCH3 is 1. The normalized spacial score (nSPS) is 15.4. The van der Waals surface area contributed by atoms with Gasteiger partial charge in [0.25, 0.3) is 0 Å². The maximum absolute atomic E-state index is 12.9. The molecule has 2 rings (SSSR count). The molecule has 0 bridgehead atoms. The molecule has 0 unspecified atom stereocenters. The van der Waals surface area contributed by atoms with Gasteiger partial charge in [-0.15, -0.1) is 0 Å². The molecule has 21 heavy (non-hydrogen) atoms. The summed E-state index contributed by atoms with van der Waals surface area (Å²) in [4.78, 5) is 0.362. The van der Waals surface area contributed by atoms with Crippen molar-refractivity contribution in [2.45, 2.75) is 37.1 Å². The van der Waals surface area contributed by atoms with E-state index in [9.17, 15) is 8.42 Å². The lowest BCUT2D eigenvalue weighted by Crippen LogP contribution is -2.36. The maximum atomic E-state index is 12.9. The Labute approximate surface area is 127 Å². The van der Waals surface area contributed by atoms with E-state index < -0.39 is 10.0 Å². The quantitative estimate of drug-likeness (QED) is 0.760. The molecule has 1 saturated carbocycles. The third-order valence-corrected chi connectivity index (χ3v) is 5.52. The van der Waals surface area contributed by atoms with Gasteiger partial charge in [0.1, 0.15) is 4.90 Å². The molecule has 0 amide bonds. The van der Waals surface area contributed by atoms with Crippen molar-refractivity contribution >= 4 is 15.7 Å². The van der Waals surface area contributed by atoms with Crippen molar-refractivity contribution in [3.8, 4) is 0 Å². The molecule has 118 valence electrons. The van der Waals surface area contributed by atoms with Crippen molar-refractivity contribution < 1.29 is 13.2 Å². The van der Waals surface area contributed by atoms with Gasteiger partial charge in [0.15, 0.2) is 0 Å². The molecule has 0 aliphatic heterocycles. The van der Waals surface area contributed by atoms with Crippen LogP contribution in [0.5, 0.6) is 0 Å². The van der Waals surface area contributed by atoms with Crippen LogP contribution in [0.3, 0.4) is 0 Å². The minimum Gasteiger partial charge on any atom is -0.384 e. The van der Waals surface area contributed by atoms with Gasteiger partial charge in [0, 0.05) is 26.2 Å². The monoisotopic (exact) mass is 312 g/mol. The lowest BCUT2D eigenvalue weighted by Gasteiger charge is -2.23. The van der Waals surface area contributed by atoms with E-state index in [2.05, 4.69) is 12.2 Å². The molecule has 0 heterocycles. The van der Waals surface area contributed by atoms with Crippen molar-refractivity contribution in [3.05, 3.63) is 24.3 Å². The first kappa shape index (κ1) is 16.3. The van der Waals surface area contributed by atoms with E-state index in [4.69, 9.17) is 4.74 Å². The van der Waals surface area contributed by atoms with E-state index in [-0.39, 0.29) is 6.04 Å². The van der Waals surface area contributed by atoms with E-state index in [0.717, 1.165) is 25.8 Å². The summed E-state index contributed by atoms with van der Waals surface area (Å²) in [6.07, 6.45) is 2.82. The van der Waals surface area contributed by atoms with Crippen LogP contribution >= 0.6 is 0 Å². The van der Waals surface area contributed by atoms with Crippen LogP contribution in [0, 0.1) is 0 Å². The highest BCUT2D eigenvalue weighted by molar-refractivity contribution is 7.89. The zero-order valence-electron chi connectivity index (χ0n) is 12.7. The van der Waals surface area contributed by atoms with Crippen LogP contribution in [-0.4, -0.2) is 45.6 Å². The summed E-state index contributed by atoms with van der Waals surface area (Å²) in [6.45, 7) is 3.64. The van der Waals surface area contributed by atoms with Gasteiger partial charge in [0.2, 0.25) is 10.0 Å². The fourth-order valence-corrected chi connectivity index (χ4v) is 4.11. The molecule has 1 aliphatic rings. The van der Waals surface area contributed by atoms with Crippen LogP contribution in [0.4, 0.5) is 5.69 Å². The summed E-state index contributed by atoms with van der Waals surface area (Å²) in [5.74, 6) is 0. The van der Waals surface area contributed by atoms with E-state index >= 15 is 0 Å². The zero-order valence-corrected chi connectivity index (χ0v) is 13.5. The summed E-state index contributed by atoms with van der Waals surface area (Å²) in [5.41, 5.74) is 0.683. The number of hydrogen-bond donors (Lipinski definition) is 1. The summed E-state index contributed by atoms with van der Waals surface area (Å²) in [5, 5.41) is 3.20. The zero-order chi connectivity index (χ0) is 15.3. The smallest absolute Gasteiger partial charge is 0.245 e. The topological polar surface area (TPSA) is 58.6 Å². The Hall–Kier alpha value is -1.11. The first-order valence-corrected chi connectivity index (χ1v) is 8.89. The Morgan fingerprint density at radius 1 is 1.33 bits per heavy atom. The Morgan fingerprint density at radius 3 is 2.67 bits per heavy atom. The number of nitrogens with one attached hydrogen (secondary N) is 1. The van der Waals surface area contributed by atoms with Crippen LogP contribution in [0.15, 0.2) is 29.2 Å². The van der Waals surface area contributed by atoms with Gasteiger partial charge in [-0.2, -0.15) is 4.31 Å². The minimum absolute atomic E-state index is 0.129. The number of hydrogen-bond acceptors (Lipinski definition) is 4. The first-order chi connectivity index (χ1) is 10.1. The third kappa shape index (κ3) is 3.96. The molecule has 0 aromatic heterocycles.